The first-order valence-electron chi connectivity index (χ1n) is 39.5. The van der Waals surface area contributed by atoms with Crippen LogP contribution in [0.1, 0.15) is 316 Å². The average molecular weight is 1460 g/mol. The molecule has 0 radical (unpaired) electrons. The minimum atomic E-state index is -4.94. The summed E-state index contributed by atoms with van der Waals surface area (Å²) in [6, 6.07) is 0. The molecule has 580 valence electrons. The van der Waals surface area contributed by atoms with E-state index in [9.17, 15) is 43.5 Å². The van der Waals surface area contributed by atoms with Crippen molar-refractivity contribution in [2.75, 3.05) is 39.6 Å². The van der Waals surface area contributed by atoms with Crippen molar-refractivity contribution in [1.29, 1.82) is 0 Å². The number of esters is 3. The second-order valence-corrected chi connectivity index (χ2v) is 29.0. The molecule has 0 spiro atoms. The van der Waals surface area contributed by atoms with Gasteiger partial charge in [-0.15, -0.1) is 0 Å². The molecule has 0 aromatic carbocycles. The molecule has 0 aliphatic heterocycles. The van der Waals surface area contributed by atoms with Gasteiger partial charge in [0, 0.05) is 19.3 Å². The quantitative estimate of drug-likeness (QED) is 0.0146. The van der Waals surface area contributed by atoms with E-state index in [0.29, 0.717) is 19.3 Å². The summed E-state index contributed by atoms with van der Waals surface area (Å²) in [6.45, 7) is 2.41. The van der Waals surface area contributed by atoms with E-state index in [1.807, 2.05) is 0 Å². The summed E-state index contributed by atoms with van der Waals surface area (Å²) in [7, 11) is -9.79. The van der Waals surface area contributed by atoms with Crippen LogP contribution in [0.5, 0.6) is 0 Å². The summed E-state index contributed by atoms with van der Waals surface area (Å²) >= 11 is 0. The number of aliphatic hydroxyl groups is 2. The van der Waals surface area contributed by atoms with Crippen molar-refractivity contribution in [1.82, 2.24) is 0 Å². The molecule has 0 aliphatic rings. The minimum Gasteiger partial charge on any atom is -0.463 e. The van der Waals surface area contributed by atoms with E-state index in [0.717, 1.165) is 154 Å². The Bertz CT molecular complexity index is 2370. The predicted octanol–water partition coefficient (Wildman–Crippen LogP) is 23.1. The summed E-state index contributed by atoms with van der Waals surface area (Å²) in [5.41, 5.74) is 0. The van der Waals surface area contributed by atoms with E-state index in [1.165, 1.54) is 103 Å². The molecule has 5 atom stereocenters. The van der Waals surface area contributed by atoms with Gasteiger partial charge in [-0.1, -0.05) is 296 Å². The molecule has 0 heterocycles. The zero-order valence-corrected chi connectivity index (χ0v) is 65.1. The molecule has 0 aliphatic carbocycles. The van der Waals surface area contributed by atoms with Crippen LogP contribution in [0.3, 0.4) is 0 Å². The van der Waals surface area contributed by atoms with Crippen molar-refractivity contribution in [2.45, 2.75) is 334 Å². The smallest absolute Gasteiger partial charge is 0.463 e. The lowest BCUT2D eigenvalue weighted by Gasteiger charge is -2.21. The van der Waals surface area contributed by atoms with E-state index >= 15 is 0 Å². The molecule has 0 fully saturated rings. The van der Waals surface area contributed by atoms with Gasteiger partial charge in [-0.25, -0.2) is 9.13 Å². The van der Waals surface area contributed by atoms with Crippen molar-refractivity contribution in [3.63, 3.8) is 0 Å². The maximum absolute atomic E-state index is 12.9. The first-order chi connectivity index (χ1) is 49.2. The summed E-state index contributed by atoms with van der Waals surface area (Å²) in [5, 5.41) is 20.6. The summed E-state index contributed by atoms with van der Waals surface area (Å²) in [4.78, 5) is 58.6. The Morgan fingerprint density at radius 3 is 0.842 bits per heavy atom. The van der Waals surface area contributed by atoms with Gasteiger partial charge >= 0.3 is 33.6 Å². The van der Waals surface area contributed by atoms with Crippen LogP contribution < -0.4 is 0 Å². The zero-order valence-electron chi connectivity index (χ0n) is 63.3. The van der Waals surface area contributed by atoms with Gasteiger partial charge in [0.15, 0.2) is 6.10 Å². The number of carbonyl (C=O) groups is 3. The van der Waals surface area contributed by atoms with Gasteiger partial charge in [0.1, 0.15) is 25.4 Å². The summed E-state index contributed by atoms with van der Waals surface area (Å²) in [5.74, 6) is -1.60. The number of unbranched alkanes of at least 4 members (excludes halogenated alkanes) is 29. The molecule has 18 heteroatoms. The third-order valence-corrected chi connectivity index (χ3v) is 18.2. The SMILES string of the molecule is CC/C=C\C/C=C\C/C=C\C/C=C\C/C=C\CCCCCCCCCCCCCCCCCC(=O)OCC(O)COP(=O)(O)OCC(O)COP(=O)(O)OCC(COC(=O)CCCCCCC/C=C\C/C=C\C/C=C\C/C=C\C/C=C\CC)OC(=O)CCCCCCC/C=C\CCCCCC. The monoisotopic (exact) mass is 1460 g/mol. The highest BCUT2D eigenvalue weighted by Gasteiger charge is 2.29. The molecule has 0 saturated heterocycles. The second kappa shape index (κ2) is 75.4. The van der Waals surface area contributed by atoms with Gasteiger partial charge in [0.05, 0.1) is 26.4 Å². The van der Waals surface area contributed by atoms with Crippen LogP contribution in [0.25, 0.3) is 0 Å². The average Bonchev–Trinajstić information content (AvgIpc) is 0.936. The lowest BCUT2D eigenvalue weighted by atomic mass is 10.0. The van der Waals surface area contributed by atoms with Crippen molar-refractivity contribution in [3.05, 3.63) is 134 Å². The topological polar surface area (TPSA) is 231 Å². The number of allylic oxidation sites excluding steroid dienone is 22. The normalized spacial score (nSPS) is 14.7. The van der Waals surface area contributed by atoms with Crippen LogP contribution in [0, 0.1) is 0 Å². The van der Waals surface area contributed by atoms with E-state index in [2.05, 4.69) is 154 Å². The molecular weight excluding hydrogens is 1310 g/mol. The lowest BCUT2D eigenvalue weighted by Crippen LogP contribution is -2.30. The van der Waals surface area contributed by atoms with Crippen molar-refractivity contribution >= 4 is 33.6 Å². The van der Waals surface area contributed by atoms with E-state index in [1.54, 1.807) is 0 Å². The first kappa shape index (κ1) is 96.7. The van der Waals surface area contributed by atoms with Crippen molar-refractivity contribution in [3.8, 4) is 0 Å². The van der Waals surface area contributed by atoms with Crippen LogP contribution in [-0.4, -0.2) is 95.9 Å². The van der Waals surface area contributed by atoms with Crippen LogP contribution in [0.2, 0.25) is 0 Å². The van der Waals surface area contributed by atoms with Crippen molar-refractivity contribution < 1.29 is 75.8 Å². The maximum atomic E-state index is 12.9. The highest BCUT2D eigenvalue weighted by Crippen LogP contribution is 2.45. The third kappa shape index (κ3) is 76.6. The third-order valence-electron chi connectivity index (χ3n) is 16.3. The number of phosphoric ester groups is 2. The molecular formula is C83H142O16P2. The molecule has 0 aromatic rings. The number of carbonyl (C=O) groups excluding carboxylic acids is 3. The van der Waals surface area contributed by atoms with Gasteiger partial charge in [-0.05, 0) is 135 Å². The molecule has 16 nitrogen and oxygen atoms in total. The number of rotatable bonds is 74. The van der Waals surface area contributed by atoms with Gasteiger partial charge < -0.3 is 34.2 Å². The molecule has 101 heavy (non-hydrogen) atoms. The maximum Gasteiger partial charge on any atom is 0.472 e. The summed E-state index contributed by atoms with van der Waals surface area (Å²) < 4.78 is 61.1. The number of hydrogen-bond acceptors (Lipinski definition) is 14. The van der Waals surface area contributed by atoms with E-state index in [4.69, 9.17) is 32.3 Å². The Balaban J connectivity index is 4.47. The van der Waals surface area contributed by atoms with Gasteiger partial charge in [0.25, 0.3) is 0 Å². The number of aliphatic hydroxyl groups excluding tert-OH is 2. The zero-order chi connectivity index (χ0) is 73.7. The lowest BCUT2D eigenvalue weighted by molar-refractivity contribution is -0.161. The standard InChI is InChI=1S/C83H142O16P2/c1-4-7-10-13-16-19-22-25-27-29-31-33-34-35-36-37-38-39-40-41-42-44-46-47-49-52-54-57-60-63-66-69-81(86)93-72-78(84)73-95-100(89,90)96-74-79(85)75-97-101(91,92)98-77-80(99-83(88)71-68-65-62-59-56-51-24-21-18-15-12-9-6-3)76-94-82(87)70-67-64-61-58-55-53-50-48-45-43-32-30-28-26-23-20-17-14-11-8-5-2/h7-8,10-11,16-17,19-21,24-28,31-33,35-36,43,48,50,78-80,84-85H,4-6,9,12-15,18,22-23,29-30,34,37-42,44-47,49,51-77H2,1-3H3,(H,89,90)(H,91,92)/b10-7-,11-8-,19-16-,20-17-,24-21-,27-25-,28-26-,33-31-,36-35-,43-32-,50-48-. The van der Waals surface area contributed by atoms with Gasteiger partial charge in [-0.2, -0.15) is 0 Å². The highest BCUT2D eigenvalue weighted by molar-refractivity contribution is 7.47. The Morgan fingerprint density at radius 2 is 0.525 bits per heavy atom. The molecule has 0 aromatic heterocycles. The van der Waals surface area contributed by atoms with Crippen LogP contribution >= 0.6 is 15.6 Å². The Hall–Kier alpha value is -4.31. The number of ether oxygens (including phenoxy) is 3. The van der Waals surface area contributed by atoms with Crippen LogP contribution in [0.4, 0.5) is 0 Å². The molecule has 4 N–H and O–H groups in total. The van der Waals surface area contributed by atoms with Crippen molar-refractivity contribution in [2.24, 2.45) is 0 Å². The molecule has 0 amide bonds. The fourth-order valence-electron chi connectivity index (χ4n) is 10.4. The van der Waals surface area contributed by atoms with E-state index in [-0.39, 0.29) is 19.3 Å². The molecule has 0 rings (SSSR count). The molecule has 5 unspecified atom stereocenters. The number of phosphoric acid groups is 2. The fourth-order valence-corrected chi connectivity index (χ4v) is 12.0. The fraction of sp³-hybridized carbons (Fsp3) is 0.699. The molecule has 0 bridgehead atoms. The largest absolute Gasteiger partial charge is 0.472 e. The summed E-state index contributed by atoms with van der Waals surface area (Å²) in [6.07, 6.45) is 90.8. The predicted molar refractivity (Wildman–Crippen MR) is 417 cm³/mol. The Morgan fingerprint density at radius 1 is 0.287 bits per heavy atom. The first-order valence-corrected chi connectivity index (χ1v) is 42.5. The Kier molecular flexibility index (Phi) is 72.2. The minimum absolute atomic E-state index is 0.0879. The van der Waals surface area contributed by atoms with Crippen LogP contribution in [0.15, 0.2) is 134 Å². The highest BCUT2D eigenvalue weighted by atomic mass is 31.2. The van der Waals surface area contributed by atoms with Crippen LogP contribution in [-0.2, 0) is 55.8 Å². The molecule has 0 saturated carbocycles. The number of hydrogen-bond donors (Lipinski definition) is 4. The van der Waals surface area contributed by atoms with Gasteiger partial charge in [0.2, 0.25) is 0 Å². The Labute approximate surface area is 614 Å². The van der Waals surface area contributed by atoms with Gasteiger partial charge in [-0.3, -0.25) is 32.5 Å². The van der Waals surface area contributed by atoms with E-state index < -0.39 is 91.5 Å². The second-order valence-electron chi connectivity index (χ2n) is 26.1.